The molecule has 0 spiro atoms. The Morgan fingerprint density at radius 3 is 2.51 bits per heavy atom. The number of hydrogen-bond donors (Lipinski definition) is 1. The molecule has 0 aromatic heterocycles. The van der Waals surface area contributed by atoms with Crippen molar-refractivity contribution < 1.29 is 24.2 Å². The summed E-state index contributed by atoms with van der Waals surface area (Å²) in [5.74, 6) is -0.735. The zero-order chi connectivity index (χ0) is 27.5. The van der Waals surface area contributed by atoms with Crippen LogP contribution in [0.5, 0.6) is 5.75 Å². The molecule has 1 saturated heterocycles. The molecule has 3 aliphatic rings. The third-order valence-electron chi connectivity index (χ3n) is 8.40. The number of aryl methyl sites for hydroxylation is 1. The number of likely N-dealkylation sites (tertiary alicyclic amines) is 1. The summed E-state index contributed by atoms with van der Waals surface area (Å²) in [6.07, 6.45) is 6.11. The number of nitrogens with zero attached hydrogens (tertiary/aromatic N) is 2. The number of imide groups is 1. The van der Waals surface area contributed by atoms with E-state index in [1.54, 1.807) is 0 Å². The molecule has 2 amide bonds. The van der Waals surface area contributed by atoms with E-state index < -0.39 is 5.97 Å². The Hall–Kier alpha value is -2.61. The topological polar surface area (TPSA) is 87.2 Å². The van der Waals surface area contributed by atoms with Crippen LogP contribution in [0, 0.1) is 11.8 Å². The van der Waals surface area contributed by atoms with Gasteiger partial charge in [-0.25, -0.2) is 0 Å². The van der Waals surface area contributed by atoms with Crippen molar-refractivity contribution in [3.63, 3.8) is 0 Å². The van der Waals surface area contributed by atoms with Crippen molar-refractivity contribution in [1.82, 2.24) is 9.80 Å². The summed E-state index contributed by atoms with van der Waals surface area (Å²) in [7, 11) is 0. The van der Waals surface area contributed by atoms with Crippen LogP contribution in [-0.2, 0) is 27.3 Å². The molecule has 208 valence electrons. The second-order valence-electron chi connectivity index (χ2n) is 10.9. The van der Waals surface area contributed by atoms with Crippen molar-refractivity contribution in [2.45, 2.75) is 64.0 Å². The maximum atomic E-state index is 12.0. The second kappa shape index (κ2) is 12.3. The molecule has 2 aliphatic carbocycles. The van der Waals surface area contributed by atoms with E-state index in [-0.39, 0.29) is 55.7 Å². The van der Waals surface area contributed by atoms with E-state index in [0.29, 0.717) is 23.9 Å². The standard InChI is InChI=1S/C30H34Cl2N2O5/c31-22-7-8-23-20(16-22)6-9-26(23)33(18-21-3-1-2-4-24(21)30(37)38)17-19-5-10-27(25(32)15-19)39-14-13-34-28(35)11-12-29(34)36/h5,7-8,10,15-16,21,24,26H,1-4,6,9,11-14,17-18H2,(H,37,38). The third kappa shape index (κ3) is 6.42. The van der Waals surface area contributed by atoms with E-state index in [2.05, 4.69) is 11.0 Å². The van der Waals surface area contributed by atoms with Gasteiger partial charge >= 0.3 is 5.97 Å². The van der Waals surface area contributed by atoms with Crippen molar-refractivity contribution in [1.29, 1.82) is 0 Å². The van der Waals surface area contributed by atoms with Crippen LogP contribution in [0.3, 0.4) is 0 Å². The van der Waals surface area contributed by atoms with Crippen molar-refractivity contribution in [2.75, 3.05) is 19.7 Å². The van der Waals surface area contributed by atoms with Gasteiger partial charge in [0, 0.05) is 37.0 Å². The number of aliphatic carboxylic acids is 1. The number of carbonyl (C=O) groups excluding carboxylic acids is 2. The zero-order valence-electron chi connectivity index (χ0n) is 21.9. The molecule has 39 heavy (non-hydrogen) atoms. The minimum absolute atomic E-state index is 0.0988. The fourth-order valence-electron chi connectivity index (χ4n) is 6.41. The highest BCUT2D eigenvalue weighted by atomic mass is 35.5. The first-order chi connectivity index (χ1) is 18.8. The van der Waals surface area contributed by atoms with Crippen LogP contribution in [0.25, 0.3) is 0 Å². The molecule has 3 atom stereocenters. The minimum atomic E-state index is -0.694. The van der Waals surface area contributed by atoms with Crippen molar-refractivity contribution in [3.05, 3.63) is 63.1 Å². The van der Waals surface area contributed by atoms with Gasteiger partial charge in [0.2, 0.25) is 11.8 Å². The molecule has 0 radical (unpaired) electrons. The number of fused-ring (bicyclic) bond motifs is 1. The molecule has 5 rings (SSSR count). The lowest BCUT2D eigenvalue weighted by atomic mass is 9.78. The third-order valence-corrected chi connectivity index (χ3v) is 8.93. The molecule has 9 heteroatoms. The van der Waals surface area contributed by atoms with Crippen LogP contribution in [0.1, 0.15) is 67.7 Å². The molecule has 1 saturated carbocycles. The first-order valence-corrected chi connectivity index (χ1v) is 14.6. The molecule has 1 aliphatic heterocycles. The number of benzene rings is 2. The lowest BCUT2D eigenvalue weighted by Crippen LogP contribution is -2.38. The van der Waals surface area contributed by atoms with E-state index in [0.717, 1.165) is 49.1 Å². The molecular weight excluding hydrogens is 539 g/mol. The number of hydrogen-bond acceptors (Lipinski definition) is 5. The molecule has 1 heterocycles. The number of ether oxygens (including phenoxy) is 1. The SMILES string of the molecule is O=C(O)C1CCCCC1CN(Cc1ccc(OCCN2C(=O)CCC2=O)c(Cl)c1)C1CCc2cc(Cl)ccc21. The predicted molar refractivity (Wildman–Crippen MR) is 149 cm³/mol. The van der Waals surface area contributed by atoms with Gasteiger partial charge in [0.1, 0.15) is 12.4 Å². The molecule has 3 unspecified atom stereocenters. The van der Waals surface area contributed by atoms with Crippen LogP contribution in [-0.4, -0.2) is 52.4 Å². The number of rotatable bonds is 10. The maximum absolute atomic E-state index is 12.0. The quantitative estimate of drug-likeness (QED) is 0.356. The van der Waals surface area contributed by atoms with Crippen molar-refractivity contribution >= 4 is 41.0 Å². The Kier molecular flexibility index (Phi) is 8.79. The van der Waals surface area contributed by atoms with Crippen LogP contribution in [0.4, 0.5) is 0 Å². The second-order valence-corrected chi connectivity index (χ2v) is 11.7. The van der Waals surface area contributed by atoms with Crippen LogP contribution < -0.4 is 4.74 Å². The van der Waals surface area contributed by atoms with Crippen LogP contribution in [0.2, 0.25) is 10.0 Å². The Bertz CT molecular complexity index is 1240. The summed E-state index contributed by atoms with van der Waals surface area (Å²) in [5.41, 5.74) is 3.54. The number of halogens is 2. The number of carboxylic acid groups (broad SMARTS) is 1. The summed E-state index contributed by atoms with van der Waals surface area (Å²) < 4.78 is 5.81. The van der Waals surface area contributed by atoms with Gasteiger partial charge in [-0.15, -0.1) is 0 Å². The summed E-state index contributed by atoms with van der Waals surface area (Å²) in [6.45, 7) is 1.73. The van der Waals surface area contributed by atoms with E-state index in [1.165, 1.54) is 16.0 Å². The Balaban J connectivity index is 1.31. The van der Waals surface area contributed by atoms with Crippen LogP contribution in [0.15, 0.2) is 36.4 Å². The highest BCUT2D eigenvalue weighted by molar-refractivity contribution is 6.32. The van der Waals surface area contributed by atoms with Gasteiger partial charge in [-0.3, -0.25) is 24.2 Å². The van der Waals surface area contributed by atoms with E-state index in [4.69, 9.17) is 27.9 Å². The Morgan fingerprint density at radius 1 is 1.00 bits per heavy atom. The fourth-order valence-corrected chi connectivity index (χ4v) is 6.86. The number of carboxylic acids is 1. The van der Waals surface area contributed by atoms with Gasteiger partial charge in [-0.1, -0.05) is 48.2 Å². The highest BCUT2D eigenvalue weighted by Gasteiger charge is 2.36. The van der Waals surface area contributed by atoms with Crippen LogP contribution >= 0.6 is 23.2 Å². The van der Waals surface area contributed by atoms with E-state index in [1.807, 2.05) is 30.3 Å². The average molecular weight is 574 g/mol. The largest absolute Gasteiger partial charge is 0.490 e. The molecule has 2 aromatic carbocycles. The minimum Gasteiger partial charge on any atom is -0.490 e. The van der Waals surface area contributed by atoms with E-state index in [9.17, 15) is 19.5 Å². The summed E-state index contributed by atoms with van der Waals surface area (Å²) in [5, 5.41) is 11.1. The summed E-state index contributed by atoms with van der Waals surface area (Å²) in [6, 6.07) is 12.0. The summed E-state index contributed by atoms with van der Waals surface area (Å²) >= 11 is 12.9. The predicted octanol–water partition coefficient (Wildman–Crippen LogP) is 5.90. The molecule has 1 N–H and O–H groups in total. The molecule has 0 bridgehead atoms. The van der Waals surface area contributed by atoms with Gasteiger partial charge in [0.25, 0.3) is 0 Å². The normalized spacial score (nSPS) is 22.9. The first-order valence-electron chi connectivity index (χ1n) is 13.8. The van der Waals surface area contributed by atoms with Crippen molar-refractivity contribution in [2.24, 2.45) is 11.8 Å². The van der Waals surface area contributed by atoms with Gasteiger partial charge in [-0.2, -0.15) is 0 Å². The molecular formula is C30H34Cl2N2O5. The Morgan fingerprint density at radius 2 is 1.77 bits per heavy atom. The van der Waals surface area contributed by atoms with Crippen molar-refractivity contribution in [3.8, 4) is 5.75 Å². The van der Waals surface area contributed by atoms with Gasteiger partial charge < -0.3 is 9.84 Å². The smallest absolute Gasteiger partial charge is 0.306 e. The highest BCUT2D eigenvalue weighted by Crippen LogP contribution is 2.40. The molecule has 7 nitrogen and oxygen atoms in total. The number of carbonyl (C=O) groups is 3. The average Bonchev–Trinajstić information content (AvgIpc) is 3.47. The fraction of sp³-hybridized carbons (Fsp3) is 0.500. The lowest BCUT2D eigenvalue weighted by molar-refractivity contribution is -0.145. The van der Waals surface area contributed by atoms with Gasteiger partial charge in [0.05, 0.1) is 17.5 Å². The van der Waals surface area contributed by atoms with Gasteiger partial charge in [-0.05, 0) is 72.6 Å². The number of amides is 2. The molecule has 2 aromatic rings. The van der Waals surface area contributed by atoms with Gasteiger partial charge in [0.15, 0.2) is 0 Å². The lowest BCUT2D eigenvalue weighted by Gasteiger charge is -2.37. The Labute approximate surface area is 239 Å². The van der Waals surface area contributed by atoms with E-state index >= 15 is 0 Å². The molecule has 2 fully saturated rings. The maximum Gasteiger partial charge on any atom is 0.306 e. The summed E-state index contributed by atoms with van der Waals surface area (Å²) in [4.78, 5) is 39.4. The monoisotopic (exact) mass is 572 g/mol. The first kappa shape index (κ1) is 27.9. The zero-order valence-corrected chi connectivity index (χ0v) is 23.4.